The van der Waals surface area contributed by atoms with E-state index in [-0.39, 0.29) is 35.0 Å². The van der Waals surface area contributed by atoms with E-state index in [1.165, 1.54) is 12.1 Å². The Morgan fingerprint density at radius 3 is 2.32 bits per heavy atom. The Hall–Kier alpha value is -3.06. The molecule has 2 aromatic rings. The van der Waals surface area contributed by atoms with Crippen LogP contribution in [0.4, 0.5) is 5.69 Å². The lowest BCUT2D eigenvalue weighted by Gasteiger charge is -2.30. The van der Waals surface area contributed by atoms with Crippen LogP contribution in [-0.2, 0) is 10.2 Å². The van der Waals surface area contributed by atoms with E-state index in [2.05, 4.69) is 39.5 Å². The number of hydrogen-bond donors (Lipinski definition) is 1. The molecule has 1 aliphatic heterocycles. The lowest BCUT2D eigenvalue weighted by molar-refractivity contribution is 0.0301. The van der Waals surface area contributed by atoms with Gasteiger partial charge in [-0.15, -0.1) is 0 Å². The van der Waals surface area contributed by atoms with Crippen LogP contribution in [0.2, 0.25) is 0 Å². The molecule has 0 saturated carbocycles. The monoisotopic (exact) mass is 468 g/mol. The van der Waals surface area contributed by atoms with E-state index < -0.39 is 0 Å². The maximum atomic E-state index is 12.9. The van der Waals surface area contributed by atoms with Gasteiger partial charge in [-0.2, -0.15) is 0 Å². The van der Waals surface area contributed by atoms with Crippen molar-refractivity contribution in [3.8, 4) is 11.5 Å². The standard InChI is InChI=1S/C27H36N2O5/c1-6-28(7-2)23-11-8-19(16-22(23)27(3,4)5)25(31)18-34-20-9-10-21(24(30)17-20)26(32)29-12-14-33-15-13-29/h8-11,16-17,30H,6-7,12-15,18H2,1-5H3. The molecule has 1 saturated heterocycles. The lowest BCUT2D eigenvalue weighted by atomic mass is 9.84. The number of ketones is 1. The first-order valence-electron chi connectivity index (χ1n) is 11.9. The van der Waals surface area contributed by atoms with Crippen molar-refractivity contribution in [2.75, 3.05) is 50.9 Å². The first-order chi connectivity index (χ1) is 16.2. The molecule has 1 amide bonds. The number of nitrogens with zero attached hydrogens (tertiary/aromatic N) is 2. The molecule has 1 heterocycles. The normalized spacial score (nSPS) is 14.1. The van der Waals surface area contributed by atoms with Crippen LogP contribution >= 0.6 is 0 Å². The second kappa shape index (κ2) is 10.9. The van der Waals surface area contributed by atoms with Crippen LogP contribution in [0.25, 0.3) is 0 Å². The molecule has 1 N–H and O–H groups in total. The third-order valence-corrected chi connectivity index (χ3v) is 6.10. The molecular formula is C27H36N2O5. The zero-order valence-electron chi connectivity index (χ0n) is 20.9. The molecule has 34 heavy (non-hydrogen) atoms. The Morgan fingerprint density at radius 2 is 1.74 bits per heavy atom. The maximum Gasteiger partial charge on any atom is 0.257 e. The average molecular weight is 469 g/mol. The van der Waals surface area contributed by atoms with Crippen LogP contribution in [0, 0.1) is 0 Å². The van der Waals surface area contributed by atoms with Gasteiger partial charge in [0.2, 0.25) is 0 Å². The predicted octanol–water partition coefficient (Wildman–Crippen LogP) is 4.27. The van der Waals surface area contributed by atoms with Crippen LogP contribution in [0.5, 0.6) is 11.5 Å². The number of amides is 1. The topological polar surface area (TPSA) is 79.3 Å². The summed E-state index contributed by atoms with van der Waals surface area (Å²) in [6.07, 6.45) is 0. The van der Waals surface area contributed by atoms with Gasteiger partial charge in [-0.1, -0.05) is 20.8 Å². The Bertz CT molecular complexity index is 1020. The molecule has 0 atom stereocenters. The third kappa shape index (κ3) is 5.89. The van der Waals surface area contributed by atoms with Gasteiger partial charge in [-0.25, -0.2) is 0 Å². The molecular weight excluding hydrogens is 432 g/mol. The van der Waals surface area contributed by atoms with E-state index in [1.54, 1.807) is 11.0 Å². The average Bonchev–Trinajstić information content (AvgIpc) is 2.83. The SMILES string of the molecule is CCN(CC)c1ccc(C(=O)COc2ccc(C(=O)N3CCOCC3)c(O)c2)cc1C(C)(C)C. The molecule has 2 aromatic carbocycles. The van der Waals surface area contributed by atoms with Gasteiger partial charge in [0.25, 0.3) is 5.91 Å². The summed E-state index contributed by atoms with van der Waals surface area (Å²) < 4.78 is 10.9. The Labute approximate surface area is 202 Å². The summed E-state index contributed by atoms with van der Waals surface area (Å²) in [6, 6.07) is 10.3. The molecule has 184 valence electrons. The lowest BCUT2D eigenvalue weighted by Crippen LogP contribution is -2.40. The molecule has 0 aliphatic carbocycles. The van der Waals surface area contributed by atoms with E-state index >= 15 is 0 Å². The minimum atomic E-state index is -0.244. The number of benzene rings is 2. The van der Waals surface area contributed by atoms with Gasteiger partial charge in [0.05, 0.1) is 18.8 Å². The van der Waals surface area contributed by atoms with Crippen molar-refractivity contribution in [3.05, 3.63) is 53.1 Å². The fourth-order valence-electron chi connectivity index (χ4n) is 4.10. The van der Waals surface area contributed by atoms with Crippen molar-refractivity contribution in [1.82, 2.24) is 4.90 Å². The highest BCUT2D eigenvalue weighted by atomic mass is 16.5. The second-order valence-electron chi connectivity index (χ2n) is 9.45. The molecule has 0 spiro atoms. The summed E-state index contributed by atoms with van der Waals surface area (Å²) in [4.78, 5) is 29.5. The minimum Gasteiger partial charge on any atom is -0.507 e. The molecule has 0 bridgehead atoms. The van der Waals surface area contributed by atoms with Gasteiger partial charge in [0, 0.05) is 43.5 Å². The van der Waals surface area contributed by atoms with Crippen molar-refractivity contribution < 1.29 is 24.2 Å². The van der Waals surface area contributed by atoms with E-state index in [0.29, 0.717) is 37.6 Å². The van der Waals surface area contributed by atoms with Crippen molar-refractivity contribution in [1.29, 1.82) is 0 Å². The highest BCUT2D eigenvalue weighted by Gasteiger charge is 2.23. The summed E-state index contributed by atoms with van der Waals surface area (Å²) >= 11 is 0. The highest BCUT2D eigenvalue weighted by Crippen LogP contribution is 2.33. The number of aromatic hydroxyl groups is 1. The van der Waals surface area contributed by atoms with Crippen LogP contribution in [0.15, 0.2) is 36.4 Å². The van der Waals surface area contributed by atoms with E-state index in [1.807, 2.05) is 18.2 Å². The van der Waals surface area contributed by atoms with Crippen LogP contribution in [0.1, 0.15) is 60.9 Å². The first-order valence-corrected chi connectivity index (χ1v) is 11.9. The number of ether oxygens (including phenoxy) is 2. The zero-order valence-corrected chi connectivity index (χ0v) is 20.9. The van der Waals surface area contributed by atoms with Crippen molar-refractivity contribution in [2.45, 2.75) is 40.0 Å². The number of carbonyl (C=O) groups excluding carboxylic acids is 2. The zero-order chi connectivity index (χ0) is 24.9. The smallest absolute Gasteiger partial charge is 0.257 e. The summed E-state index contributed by atoms with van der Waals surface area (Å²) in [6.45, 7) is 14.3. The van der Waals surface area contributed by atoms with Gasteiger partial charge >= 0.3 is 0 Å². The molecule has 1 aliphatic rings. The van der Waals surface area contributed by atoms with Gasteiger partial charge in [-0.3, -0.25) is 9.59 Å². The van der Waals surface area contributed by atoms with Gasteiger partial charge in [0.1, 0.15) is 11.5 Å². The molecule has 0 aromatic heterocycles. The molecule has 3 rings (SSSR count). The van der Waals surface area contributed by atoms with Crippen LogP contribution in [-0.4, -0.2) is 67.7 Å². The number of morpholine rings is 1. The number of hydrogen-bond acceptors (Lipinski definition) is 6. The van der Waals surface area contributed by atoms with Gasteiger partial charge in [0.15, 0.2) is 12.4 Å². The van der Waals surface area contributed by atoms with Crippen molar-refractivity contribution in [3.63, 3.8) is 0 Å². The Morgan fingerprint density at radius 1 is 1.06 bits per heavy atom. The first kappa shape index (κ1) is 25.6. The number of Topliss-reactive ketones (excluding diaryl/α,β-unsaturated/α-hetero) is 1. The Kier molecular flexibility index (Phi) is 8.20. The van der Waals surface area contributed by atoms with Crippen LogP contribution < -0.4 is 9.64 Å². The number of phenols is 1. The van der Waals surface area contributed by atoms with E-state index in [4.69, 9.17) is 9.47 Å². The third-order valence-electron chi connectivity index (χ3n) is 6.10. The molecule has 7 nitrogen and oxygen atoms in total. The number of rotatable bonds is 8. The largest absolute Gasteiger partial charge is 0.507 e. The number of phenolic OH excluding ortho intramolecular Hbond substituents is 1. The van der Waals surface area contributed by atoms with Gasteiger partial charge in [-0.05, 0) is 55.2 Å². The highest BCUT2D eigenvalue weighted by molar-refractivity contribution is 5.98. The summed E-state index contributed by atoms with van der Waals surface area (Å²) in [5.74, 6) is -0.226. The minimum absolute atomic E-state index is 0.121. The summed E-state index contributed by atoms with van der Waals surface area (Å²) in [5.41, 5.74) is 2.93. The fourth-order valence-corrected chi connectivity index (χ4v) is 4.10. The molecule has 7 heteroatoms. The van der Waals surface area contributed by atoms with Crippen LogP contribution in [0.3, 0.4) is 0 Å². The molecule has 0 radical (unpaired) electrons. The molecule has 1 fully saturated rings. The van der Waals surface area contributed by atoms with E-state index in [0.717, 1.165) is 24.3 Å². The Balaban J connectivity index is 1.71. The molecule has 0 unspecified atom stereocenters. The quantitative estimate of drug-likeness (QED) is 0.583. The van der Waals surface area contributed by atoms with Gasteiger partial charge < -0.3 is 24.4 Å². The van der Waals surface area contributed by atoms with Crippen molar-refractivity contribution >= 4 is 17.4 Å². The maximum absolute atomic E-state index is 12.9. The second-order valence-corrected chi connectivity index (χ2v) is 9.45. The summed E-state index contributed by atoms with van der Waals surface area (Å²) in [7, 11) is 0. The number of anilines is 1. The number of carbonyl (C=O) groups is 2. The van der Waals surface area contributed by atoms with Crippen molar-refractivity contribution in [2.24, 2.45) is 0 Å². The van der Waals surface area contributed by atoms with E-state index in [9.17, 15) is 14.7 Å². The fraction of sp³-hybridized carbons (Fsp3) is 0.481. The summed E-state index contributed by atoms with van der Waals surface area (Å²) in [5, 5.41) is 10.4. The predicted molar refractivity (Wildman–Crippen MR) is 133 cm³/mol.